The number of nitrogens with zero attached hydrogens (tertiary/aromatic N) is 1. The summed E-state index contributed by atoms with van der Waals surface area (Å²) in [6.07, 6.45) is 0.718. The third-order valence-corrected chi connectivity index (χ3v) is 4.26. The minimum atomic E-state index is -0.268. The highest BCUT2D eigenvalue weighted by molar-refractivity contribution is 9.10. The van der Waals surface area contributed by atoms with Crippen LogP contribution < -0.4 is 4.74 Å². The van der Waals surface area contributed by atoms with Gasteiger partial charge in [-0.3, -0.25) is 0 Å². The summed E-state index contributed by atoms with van der Waals surface area (Å²) in [5.41, 5.74) is 1.29. The second-order valence-electron chi connectivity index (χ2n) is 5.16. The molecule has 0 saturated carbocycles. The van der Waals surface area contributed by atoms with Gasteiger partial charge >= 0.3 is 6.09 Å². The summed E-state index contributed by atoms with van der Waals surface area (Å²) < 4.78 is 6.37. The fraction of sp³-hybridized carbons (Fsp3) is 0.235. The molecule has 0 aromatic heterocycles. The van der Waals surface area contributed by atoms with Crippen molar-refractivity contribution in [1.29, 1.82) is 0 Å². The first-order chi connectivity index (χ1) is 10.2. The number of hydrogen-bond acceptors (Lipinski definition) is 2. The van der Waals surface area contributed by atoms with E-state index in [0.717, 1.165) is 24.0 Å². The predicted molar refractivity (Wildman–Crippen MR) is 85.5 cm³/mol. The van der Waals surface area contributed by atoms with Gasteiger partial charge in [0.05, 0.1) is 0 Å². The Morgan fingerprint density at radius 2 is 1.81 bits per heavy atom. The van der Waals surface area contributed by atoms with E-state index < -0.39 is 0 Å². The van der Waals surface area contributed by atoms with Gasteiger partial charge in [0, 0.05) is 23.5 Å². The predicted octanol–water partition coefficient (Wildman–Crippen LogP) is 4.44. The highest BCUT2D eigenvalue weighted by Crippen LogP contribution is 2.27. The van der Waals surface area contributed by atoms with E-state index >= 15 is 0 Å². The maximum Gasteiger partial charge on any atom is 0.415 e. The Morgan fingerprint density at radius 3 is 2.52 bits per heavy atom. The molecule has 3 nitrogen and oxygen atoms in total. The van der Waals surface area contributed by atoms with Crippen LogP contribution in [0.1, 0.15) is 17.9 Å². The maximum absolute atomic E-state index is 12.2. The molecule has 1 saturated heterocycles. The number of hydrogen-bond donors (Lipinski definition) is 0. The lowest BCUT2D eigenvalue weighted by atomic mass is 9.99. The van der Waals surface area contributed by atoms with Gasteiger partial charge in [0.1, 0.15) is 5.75 Å². The molecule has 0 radical (unpaired) electrons. The van der Waals surface area contributed by atoms with Crippen molar-refractivity contribution in [1.82, 2.24) is 4.90 Å². The smallest absolute Gasteiger partial charge is 0.410 e. The van der Waals surface area contributed by atoms with E-state index in [1.54, 1.807) is 17.0 Å². The molecule has 0 bridgehead atoms. The van der Waals surface area contributed by atoms with Crippen molar-refractivity contribution in [3.63, 3.8) is 0 Å². The first kappa shape index (κ1) is 14.1. The van der Waals surface area contributed by atoms with E-state index in [1.807, 2.05) is 30.3 Å². The molecule has 1 atom stereocenters. The zero-order chi connectivity index (χ0) is 14.7. The summed E-state index contributed by atoms with van der Waals surface area (Å²) in [5, 5.41) is 0. The third kappa shape index (κ3) is 3.45. The van der Waals surface area contributed by atoms with Gasteiger partial charge in [-0.2, -0.15) is 0 Å². The molecule has 108 valence electrons. The zero-order valence-corrected chi connectivity index (χ0v) is 13.1. The largest absolute Gasteiger partial charge is 0.415 e. The summed E-state index contributed by atoms with van der Waals surface area (Å²) in [7, 11) is 0. The molecule has 1 fully saturated rings. The number of carbonyl (C=O) groups excluding carboxylic acids is 1. The molecule has 1 unspecified atom stereocenters. The fourth-order valence-electron chi connectivity index (χ4n) is 2.59. The van der Waals surface area contributed by atoms with Crippen LogP contribution in [0.2, 0.25) is 0 Å². The van der Waals surface area contributed by atoms with Gasteiger partial charge in [-0.15, -0.1) is 0 Å². The van der Waals surface area contributed by atoms with Gasteiger partial charge in [-0.1, -0.05) is 46.3 Å². The molecular formula is C17H16BrNO2. The highest BCUT2D eigenvalue weighted by Gasteiger charge is 2.28. The number of halogens is 1. The first-order valence-corrected chi connectivity index (χ1v) is 7.79. The number of rotatable bonds is 2. The Hall–Kier alpha value is -1.81. The van der Waals surface area contributed by atoms with Crippen molar-refractivity contribution in [3.05, 3.63) is 64.6 Å². The Labute approximate surface area is 132 Å². The molecule has 0 spiro atoms. The molecule has 1 aliphatic rings. The Morgan fingerprint density at radius 1 is 1.10 bits per heavy atom. The lowest BCUT2D eigenvalue weighted by molar-refractivity contribution is 0.162. The van der Waals surface area contributed by atoms with Crippen LogP contribution >= 0.6 is 15.9 Å². The summed E-state index contributed by atoms with van der Waals surface area (Å²) >= 11 is 3.36. The van der Waals surface area contributed by atoms with Crippen LogP contribution in [0.15, 0.2) is 59.1 Å². The molecule has 2 aromatic carbocycles. The van der Waals surface area contributed by atoms with E-state index in [4.69, 9.17) is 4.74 Å². The van der Waals surface area contributed by atoms with E-state index in [-0.39, 0.29) is 6.09 Å². The maximum atomic E-state index is 12.2. The van der Waals surface area contributed by atoms with Gasteiger partial charge in [0.2, 0.25) is 0 Å². The molecule has 3 rings (SSSR count). The molecular weight excluding hydrogens is 330 g/mol. The van der Waals surface area contributed by atoms with Crippen LogP contribution in [0, 0.1) is 0 Å². The number of ether oxygens (including phenoxy) is 1. The first-order valence-electron chi connectivity index (χ1n) is 6.99. The summed E-state index contributed by atoms with van der Waals surface area (Å²) in [4.78, 5) is 13.9. The molecule has 1 amide bonds. The standard InChI is InChI=1S/C17H16BrNO2/c18-15-6-8-16(9-7-15)21-17(20)19-11-10-14(12-19)13-4-2-1-3-5-13/h1-9,14H,10-12H2. The van der Waals surface area contributed by atoms with Gasteiger partial charge in [0.15, 0.2) is 0 Å². The second-order valence-corrected chi connectivity index (χ2v) is 6.08. The van der Waals surface area contributed by atoms with Crippen molar-refractivity contribution in [2.24, 2.45) is 0 Å². The van der Waals surface area contributed by atoms with Crippen LogP contribution in [-0.2, 0) is 0 Å². The molecule has 0 N–H and O–H groups in total. The normalized spacial score (nSPS) is 17.8. The third-order valence-electron chi connectivity index (χ3n) is 3.74. The van der Waals surface area contributed by atoms with Gasteiger partial charge in [-0.05, 0) is 36.2 Å². The van der Waals surface area contributed by atoms with Crippen LogP contribution in [0.4, 0.5) is 4.79 Å². The number of benzene rings is 2. The molecule has 1 heterocycles. The van der Waals surface area contributed by atoms with Crippen LogP contribution in [-0.4, -0.2) is 24.1 Å². The Bertz CT molecular complexity index is 612. The second kappa shape index (κ2) is 6.31. The van der Waals surface area contributed by atoms with Crippen molar-refractivity contribution < 1.29 is 9.53 Å². The lowest BCUT2D eigenvalue weighted by Gasteiger charge is -2.16. The van der Waals surface area contributed by atoms with Crippen molar-refractivity contribution in [3.8, 4) is 5.75 Å². The topological polar surface area (TPSA) is 29.5 Å². The van der Waals surface area contributed by atoms with Crippen molar-refractivity contribution in [2.45, 2.75) is 12.3 Å². The quantitative estimate of drug-likeness (QED) is 0.805. The van der Waals surface area contributed by atoms with Crippen LogP contribution in [0.5, 0.6) is 5.75 Å². The summed E-state index contributed by atoms with van der Waals surface area (Å²) in [6, 6.07) is 17.6. The number of amides is 1. The number of carbonyl (C=O) groups is 1. The Kier molecular flexibility index (Phi) is 4.25. The van der Waals surface area contributed by atoms with Crippen LogP contribution in [0.3, 0.4) is 0 Å². The van der Waals surface area contributed by atoms with Crippen molar-refractivity contribution >= 4 is 22.0 Å². The SMILES string of the molecule is O=C(Oc1ccc(Br)cc1)N1CCC(c2ccccc2)C1. The minimum Gasteiger partial charge on any atom is -0.410 e. The average molecular weight is 346 g/mol. The lowest BCUT2D eigenvalue weighted by Crippen LogP contribution is -2.31. The molecule has 0 aliphatic carbocycles. The van der Waals surface area contributed by atoms with Gasteiger partial charge in [-0.25, -0.2) is 4.79 Å². The molecule has 21 heavy (non-hydrogen) atoms. The number of likely N-dealkylation sites (tertiary alicyclic amines) is 1. The fourth-order valence-corrected chi connectivity index (χ4v) is 2.86. The summed E-state index contributed by atoms with van der Waals surface area (Å²) in [5.74, 6) is 0.982. The van der Waals surface area contributed by atoms with Crippen molar-refractivity contribution in [2.75, 3.05) is 13.1 Å². The van der Waals surface area contributed by atoms with E-state index in [1.165, 1.54) is 5.56 Å². The molecule has 4 heteroatoms. The van der Waals surface area contributed by atoms with E-state index in [9.17, 15) is 4.79 Å². The molecule has 2 aromatic rings. The average Bonchev–Trinajstić information content (AvgIpc) is 3.00. The Balaban J connectivity index is 1.61. The van der Waals surface area contributed by atoms with Gasteiger partial charge in [0.25, 0.3) is 0 Å². The van der Waals surface area contributed by atoms with E-state index in [0.29, 0.717) is 11.7 Å². The molecule has 1 aliphatic heterocycles. The zero-order valence-electron chi connectivity index (χ0n) is 11.5. The highest BCUT2D eigenvalue weighted by atomic mass is 79.9. The summed E-state index contributed by atoms with van der Waals surface area (Å²) in [6.45, 7) is 1.47. The van der Waals surface area contributed by atoms with Crippen LogP contribution in [0.25, 0.3) is 0 Å². The monoisotopic (exact) mass is 345 g/mol. The van der Waals surface area contributed by atoms with E-state index in [2.05, 4.69) is 28.1 Å². The van der Waals surface area contributed by atoms with Gasteiger partial charge < -0.3 is 9.64 Å². The minimum absolute atomic E-state index is 0.268.